The van der Waals surface area contributed by atoms with Gasteiger partial charge in [-0.3, -0.25) is 14.2 Å². The zero-order valence-electron chi connectivity index (χ0n) is 21.8. The number of anilines is 1. The highest BCUT2D eigenvalue weighted by atomic mass is 16.5. The van der Waals surface area contributed by atoms with Gasteiger partial charge in [-0.05, 0) is 57.5 Å². The largest absolute Gasteiger partial charge is 0.497 e. The second kappa shape index (κ2) is 13.9. The molecular formula is C27H42N4O3. The molecular weight excluding hydrogens is 428 g/mol. The number of ether oxygens (including phenoxy) is 1. The lowest BCUT2D eigenvalue weighted by molar-refractivity contribution is -0.117. The van der Waals surface area contributed by atoms with Gasteiger partial charge in [0.25, 0.3) is 5.56 Å². The fourth-order valence-corrected chi connectivity index (χ4v) is 4.20. The monoisotopic (exact) mass is 470 g/mol. The highest BCUT2D eigenvalue weighted by Gasteiger charge is 2.19. The third-order valence-corrected chi connectivity index (χ3v) is 6.38. The molecule has 0 radical (unpaired) electrons. The molecule has 0 amide bonds. The second-order valence-corrected chi connectivity index (χ2v) is 9.02. The van der Waals surface area contributed by atoms with E-state index in [1.807, 2.05) is 36.2 Å². The van der Waals surface area contributed by atoms with Crippen LogP contribution in [0.3, 0.4) is 0 Å². The first-order valence-corrected chi connectivity index (χ1v) is 12.5. The zero-order valence-corrected chi connectivity index (χ0v) is 21.8. The van der Waals surface area contributed by atoms with Crippen LogP contribution < -0.4 is 15.2 Å². The molecule has 188 valence electrons. The van der Waals surface area contributed by atoms with E-state index in [-0.39, 0.29) is 17.9 Å². The molecule has 0 aliphatic heterocycles. The Balaban J connectivity index is 2.26. The summed E-state index contributed by atoms with van der Waals surface area (Å²) in [6.07, 6.45) is 6.25. The van der Waals surface area contributed by atoms with Crippen molar-refractivity contribution in [3.05, 3.63) is 40.8 Å². The maximum absolute atomic E-state index is 13.5. The van der Waals surface area contributed by atoms with E-state index < -0.39 is 0 Å². The lowest BCUT2D eigenvalue weighted by Gasteiger charge is -2.27. The number of nitrogens with zero attached hydrogens (tertiary/aromatic N) is 4. The van der Waals surface area contributed by atoms with E-state index in [0.29, 0.717) is 23.2 Å². The van der Waals surface area contributed by atoms with Gasteiger partial charge >= 0.3 is 0 Å². The third kappa shape index (κ3) is 7.69. The SMILES string of the molecule is CCCCN(CC)CCC(CC)CN(C)c1ncc(-c2cccc(OC)c2)n(CC(C)=O)c1=O. The summed E-state index contributed by atoms with van der Waals surface area (Å²) in [5.74, 6) is 1.45. The summed E-state index contributed by atoms with van der Waals surface area (Å²) < 4.78 is 6.86. The molecule has 7 heteroatoms. The van der Waals surface area contributed by atoms with E-state index in [2.05, 4.69) is 30.7 Å². The highest BCUT2D eigenvalue weighted by Crippen LogP contribution is 2.24. The summed E-state index contributed by atoms with van der Waals surface area (Å²) in [7, 11) is 3.52. The van der Waals surface area contributed by atoms with Crippen molar-refractivity contribution in [2.24, 2.45) is 5.92 Å². The molecule has 0 bridgehead atoms. The van der Waals surface area contributed by atoms with Gasteiger partial charge in [0.2, 0.25) is 0 Å². The molecule has 2 aromatic rings. The van der Waals surface area contributed by atoms with Crippen LogP contribution in [0.25, 0.3) is 11.3 Å². The van der Waals surface area contributed by atoms with Crippen LogP contribution in [0.2, 0.25) is 0 Å². The molecule has 0 spiro atoms. The number of rotatable bonds is 15. The Labute approximate surface area is 204 Å². The average molecular weight is 471 g/mol. The summed E-state index contributed by atoms with van der Waals surface area (Å²) in [6.45, 7) is 12.2. The number of methoxy groups -OCH3 is 1. The highest BCUT2D eigenvalue weighted by molar-refractivity contribution is 5.76. The number of hydrogen-bond acceptors (Lipinski definition) is 6. The quantitative estimate of drug-likeness (QED) is 0.382. The van der Waals surface area contributed by atoms with E-state index >= 15 is 0 Å². The number of benzene rings is 1. The second-order valence-electron chi connectivity index (χ2n) is 9.02. The van der Waals surface area contributed by atoms with Crippen LogP contribution in [0.5, 0.6) is 5.75 Å². The van der Waals surface area contributed by atoms with Crippen molar-refractivity contribution in [1.29, 1.82) is 0 Å². The van der Waals surface area contributed by atoms with Crippen LogP contribution in [0, 0.1) is 5.92 Å². The summed E-state index contributed by atoms with van der Waals surface area (Å²) in [4.78, 5) is 34.5. The van der Waals surface area contributed by atoms with Crippen molar-refractivity contribution in [3.8, 4) is 17.0 Å². The lowest BCUT2D eigenvalue weighted by atomic mass is 10.0. The van der Waals surface area contributed by atoms with Gasteiger partial charge < -0.3 is 14.5 Å². The van der Waals surface area contributed by atoms with Crippen molar-refractivity contribution in [1.82, 2.24) is 14.5 Å². The molecule has 0 saturated carbocycles. The number of ketones is 1. The first-order valence-electron chi connectivity index (χ1n) is 12.5. The Morgan fingerprint density at radius 3 is 2.59 bits per heavy atom. The van der Waals surface area contributed by atoms with Gasteiger partial charge in [-0.2, -0.15) is 0 Å². The Morgan fingerprint density at radius 2 is 1.97 bits per heavy atom. The fraction of sp³-hybridized carbons (Fsp3) is 0.593. The molecule has 1 heterocycles. The molecule has 34 heavy (non-hydrogen) atoms. The van der Waals surface area contributed by atoms with Crippen molar-refractivity contribution in [3.63, 3.8) is 0 Å². The minimum absolute atomic E-state index is 0.00876. The first kappa shape index (κ1) is 27.6. The molecule has 0 fully saturated rings. The van der Waals surface area contributed by atoms with Crippen molar-refractivity contribution in [2.75, 3.05) is 45.2 Å². The molecule has 0 N–H and O–H groups in total. The van der Waals surface area contributed by atoms with Crippen LogP contribution in [0.4, 0.5) is 5.82 Å². The van der Waals surface area contributed by atoms with Gasteiger partial charge in [-0.1, -0.05) is 45.7 Å². The van der Waals surface area contributed by atoms with Gasteiger partial charge in [-0.15, -0.1) is 0 Å². The maximum Gasteiger partial charge on any atom is 0.294 e. The molecule has 0 aliphatic carbocycles. The van der Waals surface area contributed by atoms with Gasteiger partial charge in [0, 0.05) is 19.2 Å². The van der Waals surface area contributed by atoms with Gasteiger partial charge in [0.05, 0.1) is 25.5 Å². The maximum atomic E-state index is 13.5. The lowest BCUT2D eigenvalue weighted by Crippen LogP contribution is -2.36. The predicted octanol–water partition coefficient (Wildman–Crippen LogP) is 4.48. The van der Waals surface area contributed by atoms with E-state index in [4.69, 9.17) is 4.74 Å². The van der Waals surface area contributed by atoms with Crippen LogP contribution in [-0.4, -0.2) is 60.6 Å². The standard InChI is InChI=1S/C27H42N4O3/c1-7-10-15-30(9-3)16-14-22(8-2)20-29(5)26-27(33)31(19-21(4)32)25(18-28-26)23-12-11-13-24(17-23)34-6/h11-13,17-18,22H,7-10,14-16,19-20H2,1-6H3. The molecule has 0 aliphatic rings. The molecule has 0 saturated heterocycles. The van der Waals surface area contributed by atoms with E-state index in [1.165, 1.54) is 24.3 Å². The molecule has 1 unspecified atom stereocenters. The summed E-state index contributed by atoms with van der Waals surface area (Å²) in [5.41, 5.74) is 1.15. The molecule has 7 nitrogen and oxygen atoms in total. The smallest absolute Gasteiger partial charge is 0.294 e. The van der Waals surface area contributed by atoms with Gasteiger partial charge in [0.15, 0.2) is 5.82 Å². The summed E-state index contributed by atoms with van der Waals surface area (Å²) >= 11 is 0. The summed E-state index contributed by atoms with van der Waals surface area (Å²) in [5, 5.41) is 0. The van der Waals surface area contributed by atoms with E-state index in [0.717, 1.165) is 44.6 Å². The number of hydrogen-bond donors (Lipinski definition) is 0. The Morgan fingerprint density at radius 1 is 1.21 bits per heavy atom. The topological polar surface area (TPSA) is 67.7 Å². The van der Waals surface area contributed by atoms with Gasteiger partial charge in [-0.25, -0.2) is 4.98 Å². The van der Waals surface area contributed by atoms with Crippen molar-refractivity contribution in [2.45, 2.75) is 59.9 Å². The number of carbonyl (C=O) groups excluding carboxylic acids is 1. The predicted molar refractivity (Wildman–Crippen MR) is 140 cm³/mol. The minimum Gasteiger partial charge on any atom is -0.497 e. The van der Waals surface area contributed by atoms with Crippen molar-refractivity contribution < 1.29 is 9.53 Å². The Bertz CT molecular complexity index is 973. The molecule has 1 atom stereocenters. The number of Topliss-reactive ketones (excluding diaryl/α,β-unsaturated/α-hetero) is 1. The Hall–Kier alpha value is -2.67. The molecule has 1 aromatic heterocycles. The van der Waals surface area contributed by atoms with Crippen LogP contribution in [0.1, 0.15) is 53.4 Å². The fourth-order valence-electron chi connectivity index (χ4n) is 4.20. The zero-order chi connectivity index (χ0) is 25.1. The average Bonchev–Trinajstić information content (AvgIpc) is 2.84. The third-order valence-electron chi connectivity index (χ3n) is 6.38. The van der Waals surface area contributed by atoms with Crippen LogP contribution in [-0.2, 0) is 11.3 Å². The normalized spacial score (nSPS) is 12.1. The van der Waals surface area contributed by atoms with Crippen LogP contribution >= 0.6 is 0 Å². The van der Waals surface area contributed by atoms with Crippen LogP contribution in [0.15, 0.2) is 35.3 Å². The first-order chi connectivity index (χ1) is 16.3. The minimum atomic E-state index is -0.244. The van der Waals surface area contributed by atoms with Crippen molar-refractivity contribution >= 4 is 11.6 Å². The number of aromatic nitrogens is 2. The number of unbranched alkanes of at least 4 members (excludes halogenated alkanes) is 1. The van der Waals surface area contributed by atoms with Gasteiger partial charge in [0.1, 0.15) is 11.5 Å². The summed E-state index contributed by atoms with van der Waals surface area (Å²) in [6, 6.07) is 7.45. The molecule has 2 rings (SSSR count). The molecule has 1 aromatic carbocycles. The van der Waals surface area contributed by atoms with E-state index in [1.54, 1.807) is 13.3 Å². The Kier molecular flexibility index (Phi) is 11.3. The van der Waals surface area contributed by atoms with E-state index in [9.17, 15) is 9.59 Å². The number of carbonyl (C=O) groups is 1.